The lowest BCUT2D eigenvalue weighted by Gasteiger charge is -2.25. The maximum Gasteiger partial charge on any atom is 0.346 e. The average Bonchev–Trinajstić information content (AvgIpc) is 2.62. The maximum atomic E-state index is 10.9. The summed E-state index contributed by atoms with van der Waals surface area (Å²) >= 11 is 1.25. The molecule has 0 saturated heterocycles. The number of carboxylic acids is 1. The van der Waals surface area contributed by atoms with Crippen molar-refractivity contribution >= 4 is 17.3 Å². The molecule has 4 nitrogen and oxygen atoms in total. The lowest BCUT2D eigenvalue weighted by molar-refractivity contribution is 0.0700. The van der Waals surface area contributed by atoms with Crippen LogP contribution in [0.15, 0.2) is 11.4 Å². The average molecular weight is 243 g/mol. The number of nitrogens with one attached hydrogen (secondary N) is 1. The first-order chi connectivity index (χ1) is 7.46. The van der Waals surface area contributed by atoms with Gasteiger partial charge in [0.25, 0.3) is 0 Å². The van der Waals surface area contributed by atoms with Gasteiger partial charge in [0.1, 0.15) is 4.88 Å². The number of carbonyl (C=O) groups is 1. The molecule has 16 heavy (non-hydrogen) atoms. The molecule has 5 heteroatoms. The van der Waals surface area contributed by atoms with Crippen molar-refractivity contribution in [1.29, 1.82) is 0 Å². The summed E-state index contributed by atoms with van der Waals surface area (Å²) in [5, 5.41) is 14.0. The Labute approximate surface area is 99.2 Å². The van der Waals surface area contributed by atoms with E-state index in [-0.39, 0.29) is 5.54 Å². The van der Waals surface area contributed by atoms with Gasteiger partial charge in [0.15, 0.2) is 0 Å². The molecule has 0 aliphatic carbocycles. The zero-order chi connectivity index (χ0) is 12.2. The second-order valence-electron chi connectivity index (χ2n) is 4.25. The summed E-state index contributed by atoms with van der Waals surface area (Å²) in [5.74, 6) is -0.864. The zero-order valence-electron chi connectivity index (χ0n) is 9.74. The van der Waals surface area contributed by atoms with Crippen molar-refractivity contribution in [2.75, 3.05) is 13.7 Å². The summed E-state index contributed by atoms with van der Waals surface area (Å²) in [6.45, 7) is 5.16. The van der Waals surface area contributed by atoms with Crippen molar-refractivity contribution < 1.29 is 14.6 Å². The van der Waals surface area contributed by atoms with Gasteiger partial charge in [-0.3, -0.25) is 0 Å². The van der Waals surface area contributed by atoms with Crippen LogP contribution in [-0.2, 0) is 11.3 Å². The van der Waals surface area contributed by atoms with E-state index in [1.54, 1.807) is 12.5 Å². The first kappa shape index (κ1) is 13.2. The molecule has 1 rings (SSSR count). The first-order valence-electron chi connectivity index (χ1n) is 5.00. The van der Waals surface area contributed by atoms with Crippen molar-refractivity contribution in [3.63, 3.8) is 0 Å². The summed E-state index contributed by atoms with van der Waals surface area (Å²) in [4.78, 5) is 11.3. The maximum absolute atomic E-state index is 10.9. The molecule has 1 heterocycles. The molecular formula is C11H17NO3S. The molecule has 0 aliphatic heterocycles. The Balaban J connectivity index is 2.61. The molecule has 0 bridgehead atoms. The molecule has 0 radical (unpaired) electrons. The number of hydrogen-bond acceptors (Lipinski definition) is 4. The fourth-order valence-corrected chi connectivity index (χ4v) is 2.17. The first-order valence-corrected chi connectivity index (χ1v) is 5.88. The van der Waals surface area contributed by atoms with Crippen LogP contribution in [0.25, 0.3) is 0 Å². The Bertz CT molecular complexity index is 360. The summed E-state index contributed by atoms with van der Waals surface area (Å²) in [7, 11) is 1.65. The lowest BCUT2D eigenvalue weighted by Crippen LogP contribution is -2.42. The van der Waals surface area contributed by atoms with Crippen LogP contribution in [0.4, 0.5) is 0 Å². The highest BCUT2D eigenvalue weighted by Gasteiger charge is 2.18. The summed E-state index contributed by atoms with van der Waals surface area (Å²) in [5.41, 5.74) is 0.661. The van der Waals surface area contributed by atoms with Gasteiger partial charge in [-0.2, -0.15) is 0 Å². The van der Waals surface area contributed by atoms with Crippen LogP contribution >= 0.6 is 11.3 Å². The third-order valence-electron chi connectivity index (χ3n) is 2.20. The van der Waals surface area contributed by atoms with Crippen molar-refractivity contribution in [3.8, 4) is 0 Å². The monoisotopic (exact) mass is 243 g/mol. The molecule has 0 aliphatic rings. The Hall–Kier alpha value is -0.910. The molecule has 0 unspecified atom stereocenters. The van der Waals surface area contributed by atoms with E-state index >= 15 is 0 Å². The number of ether oxygens (including phenoxy) is 1. The van der Waals surface area contributed by atoms with Gasteiger partial charge >= 0.3 is 5.97 Å². The molecule has 0 aromatic carbocycles. The topological polar surface area (TPSA) is 58.6 Å². The largest absolute Gasteiger partial charge is 0.477 e. The number of hydrogen-bond donors (Lipinski definition) is 2. The van der Waals surface area contributed by atoms with Gasteiger partial charge in [-0.1, -0.05) is 0 Å². The minimum Gasteiger partial charge on any atom is -0.477 e. The van der Waals surface area contributed by atoms with E-state index in [0.717, 1.165) is 5.56 Å². The Morgan fingerprint density at radius 2 is 2.31 bits per heavy atom. The van der Waals surface area contributed by atoms with Crippen LogP contribution < -0.4 is 5.32 Å². The van der Waals surface area contributed by atoms with Crippen LogP contribution in [0.5, 0.6) is 0 Å². The van der Waals surface area contributed by atoms with E-state index in [1.807, 2.05) is 19.9 Å². The van der Waals surface area contributed by atoms with Crippen LogP contribution in [-0.4, -0.2) is 30.3 Å². The Morgan fingerprint density at radius 3 is 2.88 bits per heavy atom. The van der Waals surface area contributed by atoms with Crippen molar-refractivity contribution in [2.24, 2.45) is 0 Å². The number of methoxy groups -OCH3 is 1. The summed E-state index contributed by atoms with van der Waals surface area (Å²) in [6.07, 6.45) is 0. The van der Waals surface area contributed by atoms with E-state index in [1.165, 1.54) is 11.3 Å². The predicted molar refractivity (Wildman–Crippen MR) is 64.1 cm³/mol. The van der Waals surface area contributed by atoms with E-state index in [2.05, 4.69) is 5.32 Å². The highest BCUT2D eigenvalue weighted by molar-refractivity contribution is 7.12. The highest BCUT2D eigenvalue weighted by atomic mass is 32.1. The summed E-state index contributed by atoms with van der Waals surface area (Å²) in [6, 6.07) is 1.84. The van der Waals surface area contributed by atoms with Crippen LogP contribution in [0, 0.1) is 0 Å². The van der Waals surface area contributed by atoms with Gasteiger partial charge < -0.3 is 15.2 Å². The van der Waals surface area contributed by atoms with E-state index in [0.29, 0.717) is 18.0 Å². The van der Waals surface area contributed by atoms with Crippen LogP contribution in [0.2, 0.25) is 0 Å². The lowest BCUT2D eigenvalue weighted by atomic mass is 10.1. The smallest absolute Gasteiger partial charge is 0.346 e. The second kappa shape index (κ2) is 5.43. The number of thiophene rings is 1. The predicted octanol–water partition coefficient (Wildman–Crippen LogP) is 1.96. The van der Waals surface area contributed by atoms with Gasteiger partial charge in [-0.05, 0) is 30.9 Å². The molecule has 1 aromatic heterocycles. The van der Waals surface area contributed by atoms with Gasteiger partial charge in [-0.25, -0.2) is 4.79 Å². The second-order valence-corrected chi connectivity index (χ2v) is 5.17. The number of carboxylic acid groups (broad SMARTS) is 1. The summed E-state index contributed by atoms with van der Waals surface area (Å²) < 4.78 is 5.08. The molecule has 0 fully saturated rings. The van der Waals surface area contributed by atoms with Crippen LogP contribution in [0.3, 0.4) is 0 Å². The third kappa shape index (κ3) is 3.59. The molecule has 0 atom stereocenters. The van der Waals surface area contributed by atoms with E-state index < -0.39 is 5.97 Å². The van der Waals surface area contributed by atoms with E-state index in [9.17, 15) is 4.79 Å². The minimum atomic E-state index is -0.864. The SMILES string of the molecule is COCC(C)(C)NCc1ccsc1C(=O)O. The molecule has 0 saturated carbocycles. The molecule has 1 aromatic rings. The quantitative estimate of drug-likeness (QED) is 0.802. The van der Waals surface area contributed by atoms with E-state index in [4.69, 9.17) is 9.84 Å². The van der Waals surface area contributed by atoms with Crippen molar-refractivity contribution in [3.05, 3.63) is 21.9 Å². The molecule has 0 spiro atoms. The number of rotatable bonds is 6. The fourth-order valence-electron chi connectivity index (χ4n) is 1.41. The van der Waals surface area contributed by atoms with Gasteiger partial charge in [0, 0.05) is 19.2 Å². The minimum absolute atomic E-state index is 0.160. The molecule has 0 amide bonds. The molecule has 90 valence electrons. The van der Waals surface area contributed by atoms with Crippen molar-refractivity contribution in [2.45, 2.75) is 25.9 Å². The number of aromatic carboxylic acids is 1. The fraction of sp³-hybridized carbons (Fsp3) is 0.545. The van der Waals surface area contributed by atoms with Crippen LogP contribution in [0.1, 0.15) is 29.1 Å². The van der Waals surface area contributed by atoms with Gasteiger partial charge in [0.05, 0.1) is 6.61 Å². The normalized spacial score (nSPS) is 11.7. The Kier molecular flexibility index (Phi) is 4.46. The molecule has 2 N–H and O–H groups in total. The molecular weight excluding hydrogens is 226 g/mol. The zero-order valence-corrected chi connectivity index (χ0v) is 10.6. The Morgan fingerprint density at radius 1 is 1.62 bits per heavy atom. The third-order valence-corrected chi connectivity index (χ3v) is 3.15. The van der Waals surface area contributed by atoms with Gasteiger partial charge in [0.2, 0.25) is 0 Å². The van der Waals surface area contributed by atoms with Gasteiger partial charge in [-0.15, -0.1) is 11.3 Å². The van der Waals surface area contributed by atoms with Crippen molar-refractivity contribution in [1.82, 2.24) is 5.32 Å². The standard InChI is InChI=1S/C11H17NO3S/c1-11(2,7-15-3)12-6-8-4-5-16-9(8)10(13)14/h4-5,12H,6-7H2,1-3H3,(H,13,14). The highest BCUT2D eigenvalue weighted by Crippen LogP contribution is 2.17.